The number of halogens is 2. The maximum atomic E-state index is 13.5. The van der Waals surface area contributed by atoms with E-state index in [1.165, 1.54) is 24.4 Å². The van der Waals surface area contributed by atoms with Gasteiger partial charge in [-0.15, -0.1) is 0 Å². The van der Waals surface area contributed by atoms with E-state index >= 15 is 0 Å². The fourth-order valence-corrected chi connectivity index (χ4v) is 3.59. The maximum absolute atomic E-state index is 13.5. The summed E-state index contributed by atoms with van der Waals surface area (Å²) in [5.41, 5.74) is 8.84. The van der Waals surface area contributed by atoms with Gasteiger partial charge in [-0.25, -0.2) is 9.37 Å². The summed E-state index contributed by atoms with van der Waals surface area (Å²) in [7, 11) is 0. The fraction of sp³-hybridized carbons (Fsp3) is 0. The van der Waals surface area contributed by atoms with Crippen LogP contribution in [0.2, 0.25) is 5.02 Å². The first-order chi connectivity index (χ1) is 16.5. The first-order valence-electron chi connectivity index (χ1n) is 10.1. The van der Waals surface area contributed by atoms with Crippen LogP contribution in [0.15, 0.2) is 77.6 Å². The van der Waals surface area contributed by atoms with Crippen molar-refractivity contribution in [2.45, 2.75) is 0 Å². The number of rotatable bonds is 5. The van der Waals surface area contributed by atoms with Crippen LogP contribution in [0.25, 0.3) is 22.2 Å². The van der Waals surface area contributed by atoms with Crippen molar-refractivity contribution in [3.63, 3.8) is 0 Å². The molecule has 1 amide bonds. The topological polar surface area (TPSA) is 119 Å². The molecule has 4 heterocycles. The van der Waals surface area contributed by atoms with Crippen molar-refractivity contribution in [2.24, 2.45) is 0 Å². The number of hydrogen-bond acceptors (Lipinski definition) is 7. The van der Waals surface area contributed by atoms with Crippen molar-refractivity contribution in [3.05, 3.63) is 89.7 Å². The molecule has 0 atom stereocenters. The Kier molecular flexibility index (Phi) is 5.52. The molecule has 0 spiro atoms. The Balaban J connectivity index is 1.50. The van der Waals surface area contributed by atoms with Gasteiger partial charge in [-0.1, -0.05) is 17.7 Å². The number of nitrogens with one attached hydrogen (secondary N) is 2. The zero-order chi connectivity index (χ0) is 23.7. The van der Waals surface area contributed by atoms with E-state index in [1.807, 2.05) is 0 Å². The Morgan fingerprint density at radius 3 is 2.65 bits per heavy atom. The molecule has 0 aliphatic rings. The van der Waals surface area contributed by atoms with Crippen molar-refractivity contribution in [1.82, 2.24) is 15.0 Å². The summed E-state index contributed by atoms with van der Waals surface area (Å²) >= 11 is 5.89. The number of aromatic nitrogens is 3. The number of anilines is 4. The first-order valence-corrected chi connectivity index (χ1v) is 10.5. The molecule has 34 heavy (non-hydrogen) atoms. The Morgan fingerprint density at radius 2 is 1.85 bits per heavy atom. The largest absolute Gasteiger partial charge is 0.436 e. The normalized spacial score (nSPS) is 10.9. The molecule has 10 heteroatoms. The van der Waals surface area contributed by atoms with Crippen molar-refractivity contribution in [3.8, 4) is 11.3 Å². The van der Waals surface area contributed by atoms with Crippen LogP contribution in [0, 0.1) is 5.82 Å². The zero-order valence-electron chi connectivity index (χ0n) is 17.4. The predicted octanol–water partition coefficient (Wildman–Crippen LogP) is 5.66. The first kappa shape index (κ1) is 21.4. The molecule has 168 valence electrons. The molecule has 5 aromatic rings. The highest BCUT2D eigenvalue weighted by Gasteiger charge is 2.19. The number of nitrogens with two attached hydrogens (primary N) is 1. The molecule has 0 aliphatic carbocycles. The van der Waals surface area contributed by atoms with E-state index in [4.69, 9.17) is 21.8 Å². The number of amides is 1. The lowest BCUT2D eigenvalue weighted by Gasteiger charge is -2.07. The van der Waals surface area contributed by atoms with E-state index in [0.717, 1.165) is 0 Å². The van der Waals surface area contributed by atoms with Crippen LogP contribution >= 0.6 is 11.6 Å². The molecule has 5 rings (SSSR count). The number of fused-ring (bicyclic) bond motifs is 1. The van der Waals surface area contributed by atoms with E-state index in [1.54, 1.807) is 48.8 Å². The maximum Gasteiger partial charge on any atom is 0.275 e. The van der Waals surface area contributed by atoms with E-state index in [0.29, 0.717) is 39.4 Å². The van der Waals surface area contributed by atoms with Crippen molar-refractivity contribution >= 4 is 51.6 Å². The minimum Gasteiger partial charge on any atom is -0.436 e. The van der Waals surface area contributed by atoms with Gasteiger partial charge in [0.25, 0.3) is 5.91 Å². The molecule has 0 aliphatic heterocycles. The standard InChI is InChI=1S/C24H16ClFN6O2/c25-16-12-14(4-5-17(16)26)31-21-15-7-10-30-20(22(15)34-23(21)27)13-6-9-28-18(11-13)24(33)32-19-3-1-2-8-29-19/h1-12,31H,27H2,(H,29,32,33). The summed E-state index contributed by atoms with van der Waals surface area (Å²) in [4.78, 5) is 25.3. The molecule has 0 saturated carbocycles. The average Bonchev–Trinajstić information content (AvgIpc) is 3.17. The Morgan fingerprint density at radius 1 is 1.00 bits per heavy atom. The Labute approximate surface area is 197 Å². The zero-order valence-corrected chi connectivity index (χ0v) is 18.2. The summed E-state index contributed by atoms with van der Waals surface area (Å²) in [6, 6.07) is 14.5. The molecule has 4 N–H and O–H groups in total. The van der Waals surface area contributed by atoms with Gasteiger partial charge in [-0.2, -0.15) is 0 Å². The van der Waals surface area contributed by atoms with Gasteiger partial charge >= 0.3 is 0 Å². The predicted molar refractivity (Wildman–Crippen MR) is 129 cm³/mol. The van der Waals surface area contributed by atoms with Gasteiger partial charge in [-0.05, 0) is 48.5 Å². The summed E-state index contributed by atoms with van der Waals surface area (Å²) in [6.45, 7) is 0. The molecule has 0 fully saturated rings. The summed E-state index contributed by atoms with van der Waals surface area (Å²) < 4.78 is 19.3. The third-order valence-electron chi connectivity index (χ3n) is 4.99. The van der Waals surface area contributed by atoms with Crippen LogP contribution in [0.1, 0.15) is 10.5 Å². The lowest BCUT2D eigenvalue weighted by atomic mass is 10.1. The van der Waals surface area contributed by atoms with E-state index < -0.39 is 11.7 Å². The van der Waals surface area contributed by atoms with E-state index in [9.17, 15) is 9.18 Å². The van der Waals surface area contributed by atoms with Gasteiger partial charge < -0.3 is 20.8 Å². The molecular weight excluding hydrogens is 459 g/mol. The van der Waals surface area contributed by atoms with Crippen LogP contribution in [0.5, 0.6) is 0 Å². The van der Waals surface area contributed by atoms with E-state index in [-0.39, 0.29) is 16.6 Å². The SMILES string of the molecule is Nc1oc2c(-c3ccnc(C(=O)Nc4ccccn4)c3)nccc2c1Nc1ccc(F)c(Cl)c1. The fourth-order valence-electron chi connectivity index (χ4n) is 3.41. The smallest absolute Gasteiger partial charge is 0.275 e. The molecular formula is C24H16ClFN6O2. The molecule has 8 nitrogen and oxygen atoms in total. The number of nitrogens with zero attached hydrogens (tertiary/aromatic N) is 3. The number of furan rings is 1. The van der Waals surface area contributed by atoms with Gasteiger partial charge in [0.2, 0.25) is 5.88 Å². The minimum absolute atomic E-state index is 0.0213. The number of carbonyl (C=O) groups excluding carboxylic acids is 1. The molecule has 0 unspecified atom stereocenters. The van der Waals surface area contributed by atoms with Crippen LogP contribution in [-0.2, 0) is 0 Å². The highest BCUT2D eigenvalue weighted by molar-refractivity contribution is 6.31. The van der Waals surface area contributed by atoms with Crippen molar-refractivity contribution in [2.75, 3.05) is 16.4 Å². The highest BCUT2D eigenvalue weighted by Crippen LogP contribution is 2.39. The number of hydrogen-bond donors (Lipinski definition) is 3. The molecule has 4 aromatic heterocycles. The van der Waals surface area contributed by atoms with Gasteiger partial charge in [0.05, 0.1) is 10.4 Å². The molecule has 0 saturated heterocycles. The quantitative estimate of drug-likeness (QED) is 0.301. The van der Waals surface area contributed by atoms with Crippen LogP contribution in [-0.4, -0.2) is 20.9 Å². The lowest BCUT2D eigenvalue weighted by molar-refractivity contribution is 0.102. The van der Waals surface area contributed by atoms with E-state index in [2.05, 4.69) is 25.6 Å². The number of pyridine rings is 3. The summed E-state index contributed by atoms with van der Waals surface area (Å²) in [5.74, 6) is -0.409. The van der Waals surface area contributed by atoms with Crippen molar-refractivity contribution in [1.29, 1.82) is 0 Å². The molecule has 0 radical (unpaired) electrons. The monoisotopic (exact) mass is 474 g/mol. The van der Waals surface area contributed by atoms with Gasteiger partial charge in [0.15, 0.2) is 5.58 Å². The summed E-state index contributed by atoms with van der Waals surface area (Å²) in [5, 5.41) is 6.45. The van der Waals surface area contributed by atoms with Gasteiger partial charge in [0.1, 0.15) is 28.7 Å². The van der Waals surface area contributed by atoms with Crippen LogP contribution in [0.4, 0.5) is 27.5 Å². The van der Waals surface area contributed by atoms with Gasteiger partial charge in [-0.3, -0.25) is 14.8 Å². The summed E-state index contributed by atoms with van der Waals surface area (Å²) in [6.07, 6.45) is 4.69. The number of nitrogen functional groups attached to an aromatic ring is 1. The molecule has 1 aromatic carbocycles. The number of carbonyl (C=O) groups is 1. The minimum atomic E-state index is -0.524. The lowest BCUT2D eigenvalue weighted by Crippen LogP contribution is -2.14. The Bertz CT molecular complexity index is 1520. The highest BCUT2D eigenvalue weighted by atomic mass is 35.5. The second kappa shape index (κ2) is 8.80. The third kappa shape index (κ3) is 4.12. The van der Waals surface area contributed by atoms with Crippen LogP contribution < -0.4 is 16.4 Å². The van der Waals surface area contributed by atoms with Gasteiger partial charge in [0, 0.05) is 29.8 Å². The Hall–Kier alpha value is -4.50. The third-order valence-corrected chi connectivity index (χ3v) is 5.28. The van der Waals surface area contributed by atoms with Crippen molar-refractivity contribution < 1.29 is 13.6 Å². The second-order valence-electron chi connectivity index (χ2n) is 7.23. The number of benzene rings is 1. The second-order valence-corrected chi connectivity index (χ2v) is 7.64. The molecule has 0 bridgehead atoms. The average molecular weight is 475 g/mol. The van der Waals surface area contributed by atoms with Crippen LogP contribution in [0.3, 0.4) is 0 Å².